The minimum Gasteiger partial charge on any atom is -0.307 e. The summed E-state index contributed by atoms with van der Waals surface area (Å²) in [5.41, 5.74) is 33.6. The van der Waals surface area contributed by atoms with E-state index in [0.29, 0.717) is 11.6 Å². The van der Waals surface area contributed by atoms with Crippen molar-refractivity contribution in [1.29, 1.82) is 0 Å². The van der Waals surface area contributed by atoms with Gasteiger partial charge in [0.05, 0.1) is 11.0 Å². The normalized spacial score (nSPS) is 16.7. The summed E-state index contributed by atoms with van der Waals surface area (Å²) in [6, 6.07) is 19.8. The van der Waals surface area contributed by atoms with Crippen LogP contribution in [0.4, 0.5) is 11.6 Å². The number of H-pyrrole nitrogens is 2. The van der Waals surface area contributed by atoms with Crippen LogP contribution in [0.5, 0.6) is 0 Å². The Morgan fingerprint density at radius 3 is 1.40 bits per heavy atom. The van der Waals surface area contributed by atoms with Crippen LogP contribution < -0.4 is 61.7 Å². The van der Waals surface area contributed by atoms with Crippen molar-refractivity contribution in [3.8, 4) is 22.3 Å². The van der Waals surface area contributed by atoms with Crippen LogP contribution in [0.3, 0.4) is 0 Å². The Balaban J connectivity index is 1.41. The van der Waals surface area contributed by atoms with E-state index in [1.807, 2.05) is 48.5 Å². The summed E-state index contributed by atoms with van der Waals surface area (Å²) in [4.78, 5) is 5.74. The predicted molar refractivity (Wildman–Crippen MR) is 167 cm³/mol. The zero-order chi connectivity index (χ0) is 29.7. The molecule has 2 aliphatic carbocycles. The van der Waals surface area contributed by atoms with Gasteiger partial charge in [-0.3, -0.25) is 0 Å². The maximum absolute atomic E-state index is 6.85. The third-order valence-corrected chi connectivity index (χ3v) is 8.95. The van der Waals surface area contributed by atoms with Gasteiger partial charge >= 0.3 is 0 Å². The van der Waals surface area contributed by atoms with Gasteiger partial charge in [-0.05, 0) is 79.5 Å². The summed E-state index contributed by atoms with van der Waals surface area (Å²) in [7, 11) is 1.68. The molecule has 6 aromatic rings. The third-order valence-electron chi connectivity index (χ3n) is 8.95. The fraction of sp³-hybridized carbons (Fsp3) is 0.103. The molecule has 4 aromatic carbocycles. The molecule has 13 heteroatoms. The molecule has 212 valence electrons. The molecule has 42 heavy (non-hydrogen) atoms. The van der Waals surface area contributed by atoms with Crippen LogP contribution in [0.25, 0.3) is 54.8 Å². The number of aromatic nitrogens is 2. The van der Waals surface area contributed by atoms with Crippen LogP contribution in [-0.2, 0) is 11.3 Å². The van der Waals surface area contributed by atoms with Gasteiger partial charge in [-0.1, -0.05) is 29.1 Å². The summed E-state index contributed by atoms with van der Waals surface area (Å²) in [5, 5.41) is 3.71. The first-order valence-corrected chi connectivity index (χ1v) is 13.4. The number of hydrogen-bond acceptors (Lipinski definition) is 9. The van der Waals surface area contributed by atoms with Gasteiger partial charge in [0.1, 0.15) is 18.4 Å². The van der Waals surface area contributed by atoms with Crippen molar-refractivity contribution in [3.05, 3.63) is 82.9 Å². The van der Waals surface area contributed by atoms with Gasteiger partial charge < -0.3 is 32.9 Å². The molecule has 2 aliphatic rings. The molecule has 2 heterocycles. The fourth-order valence-corrected chi connectivity index (χ4v) is 6.86. The molecule has 0 radical (unpaired) electrons. The quantitative estimate of drug-likeness (QED) is 0.0609. The lowest BCUT2D eigenvalue weighted by molar-refractivity contribution is 0.295. The van der Waals surface area contributed by atoms with E-state index in [0.717, 1.165) is 77.1 Å². The lowest BCUT2D eigenvalue weighted by Crippen LogP contribution is -2.68. The standard InChI is InChI=1S/C29H33N13/c1-41(34,35)24-8-12-6-20-16(10-22(12)39-24)26-14-2-5-19-27(15(14)3-4-18(26)28(20,30)31)17-11-23-13(7-21(17)29(19,32)33)9-25(40-23)42(36,37)38/h2-11,39-40H,30-38H2,1H3/q+2. The maximum atomic E-state index is 6.85. The van der Waals surface area contributed by atoms with E-state index in [-0.39, 0.29) is 4.70 Å². The molecule has 0 spiro atoms. The fourth-order valence-electron chi connectivity index (χ4n) is 6.86. The second kappa shape index (κ2) is 7.40. The van der Waals surface area contributed by atoms with Crippen molar-refractivity contribution in [2.45, 2.75) is 11.3 Å². The molecule has 0 unspecified atom stereocenters. The van der Waals surface area contributed by atoms with Gasteiger partial charge in [0.2, 0.25) is 5.82 Å². The van der Waals surface area contributed by atoms with Crippen molar-refractivity contribution < 1.29 is 0 Å². The molecule has 20 N–H and O–H groups in total. The molecule has 0 atom stereocenters. The topological polar surface area (TPSA) is 266 Å². The van der Waals surface area contributed by atoms with Gasteiger partial charge in [0, 0.05) is 22.9 Å². The van der Waals surface area contributed by atoms with Gasteiger partial charge in [0.25, 0.3) is 5.82 Å². The maximum Gasteiger partial charge on any atom is 0.265 e. The smallest absolute Gasteiger partial charge is 0.265 e. The van der Waals surface area contributed by atoms with Gasteiger partial charge in [-0.2, -0.15) is 11.7 Å². The summed E-state index contributed by atoms with van der Waals surface area (Å²) in [6.45, 7) is 0. The monoisotopic (exact) mass is 563 g/mol. The highest BCUT2D eigenvalue weighted by Gasteiger charge is 2.42. The number of quaternary nitrogens is 2. The van der Waals surface area contributed by atoms with Crippen molar-refractivity contribution >= 4 is 44.2 Å². The molecule has 0 bridgehead atoms. The van der Waals surface area contributed by atoms with E-state index < -0.39 is 16.1 Å². The summed E-state index contributed by atoms with van der Waals surface area (Å²) in [5.74, 6) is 31.0. The third kappa shape index (κ3) is 3.12. The average Bonchev–Trinajstić information content (AvgIpc) is 3.62. The molecule has 0 saturated carbocycles. The first kappa shape index (κ1) is 25.5. The number of nitrogens with one attached hydrogen (secondary N) is 2. The lowest BCUT2D eigenvalue weighted by Gasteiger charge is -2.23. The number of hydrogen-bond donors (Lipinski definition) is 11. The number of nitrogens with zero attached hydrogens (tertiary/aromatic N) is 2. The van der Waals surface area contributed by atoms with Crippen LogP contribution in [0.15, 0.2) is 60.7 Å². The Hall–Kier alpha value is -4.22. The highest BCUT2D eigenvalue weighted by Crippen LogP contribution is 2.53. The molecule has 13 nitrogen and oxygen atoms in total. The molecule has 0 aliphatic heterocycles. The molecular weight excluding hydrogens is 530 g/mol. The van der Waals surface area contributed by atoms with E-state index in [1.165, 1.54) is 0 Å². The van der Waals surface area contributed by atoms with Crippen LogP contribution in [0.2, 0.25) is 0 Å². The molecule has 2 aromatic heterocycles. The minimum atomic E-state index is -1.23. The molecular formula is C29H33N13+2. The Kier molecular flexibility index (Phi) is 4.49. The lowest BCUT2D eigenvalue weighted by atomic mass is 9.90. The van der Waals surface area contributed by atoms with Crippen molar-refractivity contribution in [2.75, 3.05) is 7.05 Å². The highest BCUT2D eigenvalue weighted by atomic mass is 15.9. The number of aromatic amines is 2. The van der Waals surface area contributed by atoms with Crippen LogP contribution in [0, 0.1) is 0 Å². The Labute approximate surface area is 239 Å². The van der Waals surface area contributed by atoms with Crippen LogP contribution in [0.1, 0.15) is 22.3 Å². The van der Waals surface area contributed by atoms with Gasteiger partial charge in [-0.25, -0.2) is 0 Å². The van der Waals surface area contributed by atoms with E-state index in [9.17, 15) is 0 Å². The van der Waals surface area contributed by atoms with E-state index >= 15 is 0 Å². The largest absolute Gasteiger partial charge is 0.307 e. The van der Waals surface area contributed by atoms with E-state index in [2.05, 4.69) is 16.0 Å². The Morgan fingerprint density at radius 1 is 0.548 bits per heavy atom. The summed E-state index contributed by atoms with van der Waals surface area (Å²) in [6.07, 6.45) is 0. The second-order valence-corrected chi connectivity index (χ2v) is 12.1. The van der Waals surface area contributed by atoms with E-state index in [4.69, 9.17) is 52.1 Å². The SMILES string of the molecule is C[N+](N)(N)c1cc2cc3c(cc2[nH]1)-c1c(ccc2c4c(ccc12)C(N)(N)c1cc2cc([N+](N)(N)N)[nH]c2cc1-4)C3(N)N. The highest BCUT2D eigenvalue weighted by molar-refractivity contribution is 6.12. The molecule has 8 rings (SSSR count). The summed E-state index contributed by atoms with van der Waals surface area (Å²) < 4.78 is -0.335. The van der Waals surface area contributed by atoms with Gasteiger partial charge in [-0.15, -0.1) is 22.2 Å². The van der Waals surface area contributed by atoms with Crippen molar-refractivity contribution in [1.82, 2.24) is 19.5 Å². The van der Waals surface area contributed by atoms with Crippen LogP contribution >= 0.6 is 0 Å². The van der Waals surface area contributed by atoms with Crippen molar-refractivity contribution in [2.24, 2.45) is 52.1 Å². The Bertz CT molecular complexity index is 2020. The first-order valence-electron chi connectivity index (χ1n) is 13.4. The van der Waals surface area contributed by atoms with E-state index in [1.54, 1.807) is 13.1 Å². The van der Waals surface area contributed by atoms with Crippen LogP contribution in [-0.4, -0.2) is 17.0 Å². The van der Waals surface area contributed by atoms with Gasteiger partial charge in [0.15, 0.2) is 0 Å². The number of rotatable bonds is 2. The number of benzene rings is 4. The Morgan fingerprint density at radius 2 is 0.976 bits per heavy atom. The average molecular weight is 564 g/mol. The number of fused-ring (bicyclic) bond motifs is 11. The number of nitrogens with two attached hydrogens (primary N) is 9. The zero-order valence-corrected chi connectivity index (χ0v) is 22.9. The molecule has 0 fully saturated rings. The van der Waals surface area contributed by atoms with Crippen molar-refractivity contribution in [3.63, 3.8) is 0 Å². The molecule has 0 saturated heterocycles. The minimum absolute atomic E-state index is 0.335. The summed E-state index contributed by atoms with van der Waals surface area (Å²) >= 11 is 0. The second-order valence-electron chi connectivity index (χ2n) is 12.1. The zero-order valence-electron chi connectivity index (χ0n) is 22.9. The predicted octanol–water partition coefficient (Wildman–Crippen LogP) is 0.613. The first-order chi connectivity index (χ1) is 19.6. The molecule has 0 amide bonds.